The van der Waals surface area contributed by atoms with Crippen molar-refractivity contribution >= 4 is 11.0 Å². The average Bonchev–Trinajstić information content (AvgIpc) is 2.81. The van der Waals surface area contributed by atoms with Crippen molar-refractivity contribution in [3.8, 4) is 5.75 Å². The Labute approximate surface area is 126 Å². The minimum Gasteiger partial charge on any atom is -0.493 e. The van der Waals surface area contributed by atoms with Gasteiger partial charge in [0.05, 0.1) is 13.7 Å². The number of methoxy groups -OCH3 is 1. The van der Waals surface area contributed by atoms with Gasteiger partial charge in [0.25, 0.3) is 0 Å². The number of nitrogens with one attached hydrogen (secondary N) is 1. The van der Waals surface area contributed by atoms with Gasteiger partial charge < -0.3 is 14.5 Å². The van der Waals surface area contributed by atoms with Crippen LogP contribution in [0.3, 0.4) is 0 Å². The Bertz CT molecular complexity index is 590. The molecule has 2 aromatic rings. The van der Waals surface area contributed by atoms with Gasteiger partial charge in [-0.2, -0.15) is 0 Å². The second-order valence-electron chi connectivity index (χ2n) is 6.19. The highest BCUT2D eigenvalue weighted by Crippen LogP contribution is 2.29. The third-order valence-electron chi connectivity index (χ3n) is 4.68. The minimum atomic E-state index is 0.614. The Kier molecular flexibility index (Phi) is 4.49. The second-order valence-corrected chi connectivity index (χ2v) is 6.19. The van der Waals surface area contributed by atoms with Crippen LogP contribution in [0.25, 0.3) is 11.0 Å². The third kappa shape index (κ3) is 3.24. The minimum absolute atomic E-state index is 0.614. The maximum absolute atomic E-state index is 5.96. The van der Waals surface area contributed by atoms with Crippen molar-refractivity contribution in [3.63, 3.8) is 0 Å². The Hall–Kier alpha value is -1.48. The SMILES string of the molecule is COc1cccc2cc(CNC3CCCCCC3C)oc12. The molecule has 0 aliphatic heterocycles. The van der Waals surface area contributed by atoms with Gasteiger partial charge >= 0.3 is 0 Å². The summed E-state index contributed by atoms with van der Waals surface area (Å²) in [5.74, 6) is 2.55. The molecule has 1 saturated carbocycles. The number of ether oxygens (including phenoxy) is 1. The molecule has 3 heteroatoms. The lowest BCUT2D eigenvalue weighted by Crippen LogP contribution is -2.33. The van der Waals surface area contributed by atoms with Crippen molar-refractivity contribution in [2.75, 3.05) is 7.11 Å². The van der Waals surface area contributed by atoms with Gasteiger partial charge in [-0.3, -0.25) is 0 Å². The molecule has 0 spiro atoms. The fourth-order valence-corrected chi connectivity index (χ4v) is 3.37. The van der Waals surface area contributed by atoms with Crippen LogP contribution < -0.4 is 10.1 Å². The summed E-state index contributed by atoms with van der Waals surface area (Å²) in [5, 5.41) is 4.80. The summed E-state index contributed by atoms with van der Waals surface area (Å²) in [6.45, 7) is 3.16. The zero-order valence-corrected chi connectivity index (χ0v) is 13.0. The molecule has 1 aliphatic rings. The van der Waals surface area contributed by atoms with Crippen LogP contribution >= 0.6 is 0 Å². The van der Waals surface area contributed by atoms with E-state index in [1.54, 1.807) is 7.11 Å². The monoisotopic (exact) mass is 287 g/mol. The molecule has 114 valence electrons. The summed E-state index contributed by atoms with van der Waals surface area (Å²) in [6.07, 6.45) is 6.72. The van der Waals surface area contributed by atoms with Gasteiger partial charge in [-0.1, -0.05) is 38.3 Å². The van der Waals surface area contributed by atoms with E-state index in [0.717, 1.165) is 34.9 Å². The molecule has 1 heterocycles. The number of benzene rings is 1. The van der Waals surface area contributed by atoms with Crippen LogP contribution in [0, 0.1) is 5.92 Å². The Morgan fingerprint density at radius 3 is 2.95 bits per heavy atom. The molecule has 1 aliphatic carbocycles. The van der Waals surface area contributed by atoms with E-state index in [2.05, 4.69) is 24.4 Å². The molecule has 1 aromatic heterocycles. The van der Waals surface area contributed by atoms with Crippen LogP contribution in [-0.4, -0.2) is 13.2 Å². The number of hydrogen-bond donors (Lipinski definition) is 1. The van der Waals surface area contributed by atoms with E-state index in [4.69, 9.17) is 9.15 Å². The van der Waals surface area contributed by atoms with E-state index >= 15 is 0 Å². The van der Waals surface area contributed by atoms with E-state index < -0.39 is 0 Å². The second kappa shape index (κ2) is 6.52. The third-order valence-corrected chi connectivity index (χ3v) is 4.68. The van der Waals surface area contributed by atoms with Gasteiger partial charge in [-0.25, -0.2) is 0 Å². The van der Waals surface area contributed by atoms with Crippen molar-refractivity contribution < 1.29 is 9.15 Å². The van der Waals surface area contributed by atoms with E-state index in [1.807, 2.05) is 12.1 Å². The number of fused-ring (bicyclic) bond motifs is 1. The molecular weight excluding hydrogens is 262 g/mol. The molecule has 1 N–H and O–H groups in total. The van der Waals surface area contributed by atoms with Crippen LogP contribution in [0.2, 0.25) is 0 Å². The fraction of sp³-hybridized carbons (Fsp3) is 0.556. The highest BCUT2D eigenvalue weighted by atomic mass is 16.5. The number of para-hydroxylation sites is 1. The number of hydrogen-bond acceptors (Lipinski definition) is 3. The molecule has 0 bridgehead atoms. The largest absolute Gasteiger partial charge is 0.493 e. The van der Waals surface area contributed by atoms with E-state index in [0.29, 0.717) is 6.04 Å². The van der Waals surface area contributed by atoms with Gasteiger partial charge in [-0.05, 0) is 30.9 Å². The molecule has 3 rings (SSSR count). The van der Waals surface area contributed by atoms with Gasteiger partial charge in [-0.15, -0.1) is 0 Å². The van der Waals surface area contributed by atoms with E-state index in [1.165, 1.54) is 32.1 Å². The molecule has 21 heavy (non-hydrogen) atoms. The standard InChI is InChI=1S/C18H25NO2/c1-13-7-4-3-5-9-16(13)19-12-15-11-14-8-6-10-17(20-2)18(14)21-15/h6,8,10-11,13,16,19H,3-5,7,9,12H2,1-2H3. The van der Waals surface area contributed by atoms with Crippen LogP contribution in [-0.2, 0) is 6.54 Å². The molecule has 3 nitrogen and oxygen atoms in total. The normalized spacial score (nSPS) is 23.1. The van der Waals surface area contributed by atoms with Crippen LogP contribution in [0.1, 0.15) is 44.8 Å². The Morgan fingerprint density at radius 2 is 2.10 bits per heavy atom. The van der Waals surface area contributed by atoms with Gasteiger partial charge in [0.15, 0.2) is 11.3 Å². The zero-order valence-electron chi connectivity index (χ0n) is 13.0. The van der Waals surface area contributed by atoms with Crippen molar-refractivity contribution in [2.45, 2.75) is 51.6 Å². The predicted octanol–water partition coefficient (Wildman–Crippen LogP) is 4.50. The van der Waals surface area contributed by atoms with E-state index in [-0.39, 0.29) is 0 Å². The molecule has 0 saturated heterocycles. The first-order valence-electron chi connectivity index (χ1n) is 8.06. The summed E-state index contributed by atoms with van der Waals surface area (Å²) in [6, 6.07) is 8.74. The maximum atomic E-state index is 5.96. The van der Waals surface area contributed by atoms with Crippen molar-refractivity contribution in [1.29, 1.82) is 0 Å². The zero-order chi connectivity index (χ0) is 14.7. The van der Waals surface area contributed by atoms with Crippen molar-refractivity contribution in [1.82, 2.24) is 5.32 Å². The predicted molar refractivity (Wildman–Crippen MR) is 85.6 cm³/mol. The topological polar surface area (TPSA) is 34.4 Å². The average molecular weight is 287 g/mol. The molecule has 2 unspecified atom stereocenters. The smallest absolute Gasteiger partial charge is 0.176 e. The lowest BCUT2D eigenvalue weighted by atomic mass is 9.97. The Morgan fingerprint density at radius 1 is 1.24 bits per heavy atom. The number of furan rings is 1. The summed E-state index contributed by atoms with van der Waals surface area (Å²) >= 11 is 0. The van der Waals surface area contributed by atoms with Crippen LogP contribution in [0.15, 0.2) is 28.7 Å². The van der Waals surface area contributed by atoms with Gasteiger partial charge in [0.2, 0.25) is 0 Å². The summed E-state index contributed by atoms with van der Waals surface area (Å²) < 4.78 is 11.3. The highest BCUT2D eigenvalue weighted by Gasteiger charge is 2.19. The van der Waals surface area contributed by atoms with Crippen LogP contribution in [0.5, 0.6) is 5.75 Å². The maximum Gasteiger partial charge on any atom is 0.176 e. The van der Waals surface area contributed by atoms with Gasteiger partial charge in [0, 0.05) is 11.4 Å². The first-order chi connectivity index (χ1) is 10.3. The summed E-state index contributed by atoms with van der Waals surface area (Å²) in [5.41, 5.74) is 0.853. The molecule has 1 aromatic carbocycles. The molecular formula is C18H25NO2. The lowest BCUT2D eigenvalue weighted by molar-refractivity contribution is 0.342. The van der Waals surface area contributed by atoms with Crippen molar-refractivity contribution in [2.24, 2.45) is 5.92 Å². The molecule has 0 radical (unpaired) electrons. The number of rotatable bonds is 4. The molecule has 0 amide bonds. The molecule has 1 fully saturated rings. The molecule has 2 atom stereocenters. The summed E-state index contributed by atoms with van der Waals surface area (Å²) in [7, 11) is 1.68. The van der Waals surface area contributed by atoms with Crippen LogP contribution in [0.4, 0.5) is 0 Å². The fourth-order valence-electron chi connectivity index (χ4n) is 3.37. The van der Waals surface area contributed by atoms with Crippen molar-refractivity contribution in [3.05, 3.63) is 30.0 Å². The quantitative estimate of drug-likeness (QED) is 0.841. The highest BCUT2D eigenvalue weighted by molar-refractivity contribution is 5.83. The first kappa shape index (κ1) is 14.5. The van der Waals surface area contributed by atoms with Gasteiger partial charge in [0.1, 0.15) is 5.76 Å². The Balaban J connectivity index is 1.70. The summed E-state index contributed by atoms with van der Waals surface area (Å²) in [4.78, 5) is 0. The lowest BCUT2D eigenvalue weighted by Gasteiger charge is -2.22. The van der Waals surface area contributed by atoms with E-state index in [9.17, 15) is 0 Å². The first-order valence-corrected chi connectivity index (χ1v) is 8.06.